The van der Waals surface area contributed by atoms with E-state index >= 15 is 0 Å². The maximum absolute atomic E-state index is 5.26. The van der Waals surface area contributed by atoms with Crippen LogP contribution in [-0.4, -0.2) is 0 Å². The summed E-state index contributed by atoms with van der Waals surface area (Å²) in [4.78, 5) is 0. The average Bonchev–Trinajstić information content (AvgIpc) is 2.19. The Bertz CT molecular complexity index is 274. The number of rotatable bonds is 4. The maximum atomic E-state index is 5.26. The number of hydrogen-bond donors (Lipinski definition) is 0. The van der Waals surface area contributed by atoms with Crippen LogP contribution in [0.5, 0.6) is 0 Å². The lowest BCUT2D eigenvalue weighted by atomic mass is 10.1. The Hall–Kier alpha value is -1.22. The predicted octanol–water partition coefficient (Wildman–Crippen LogP) is 3.21. The lowest BCUT2D eigenvalue weighted by Gasteiger charge is -1.99. The molecule has 1 rings (SSSR count). The second kappa shape index (κ2) is 5.43. The van der Waals surface area contributed by atoms with Crippen molar-refractivity contribution >= 4 is 0 Å². The second-order valence-electron chi connectivity index (χ2n) is 3.15. The molecule has 0 atom stereocenters. The van der Waals surface area contributed by atoms with Gasteiger partial charge in [0.25, 0.3) is 0 Å². The fraction of sp³-hybridized carbons (Fsp3) is 0.308. The lowest BCUT2D eigenvalue weighted by Crippen LogP contribution is -1.85. The zero-order valence-electron chi connectivity index (χ0n) is 7.92. The van der Waals surface area contributed by atoms with Crippen molar-refractivity contribution in [3.05, 3.63) is 42.3 Å². The summed E-state index contributed by atoms with van der Waals surface area (Å²) in [6, 6.07) is 8.22. The van der Waals surface area contributed by atoms with E-state index in [-0.39, 0.29) is 0 Å². The highest BCUT2D eigenvalue weighted by molar-refractivity contribution is 5.34. The molecule has 0 aliphatic rings. The first-order valence-electron chi connectivity index (χ1n) is 4.71. The van der Waals surface area contributed by atoms with Crippen LogP contribution in [0.1, 0.15) is 30.4 Å². The minimum Gasteiger partial charge on any atom is -0.115 e. The number of aryl methyl sites for hydroxylation is 1. The second-order valence-corrected chi connectivity index (χ2v) is 3.15. The highest BCUT2D eigenvalue weighted by atomic mass is 14.0. The molecule has 0 saturated heterocycles. The van der Waals surface area contributed by atoms with E-state index in [9.17, 15) is 0 Å². The number of hydrogen-bond acceptors (Lipinski definition) is 0. The van der Waals surface area contributed by atoms with Gasteiger partial charge in [-0.05, 0) is 30.5 Å². The molecule has 0 N–H and O–H groups in total. The standard InChI is InChI=1S/C13H15/c1-3-5-6-7-13-10-8-12(4-2)9-11-13/h2,8-11H,1,3,5-7H2. The van der Waals surface area contributed by atoms with E-state index in [1.54, 1.807) is 0 Å². The highest BCUT2D eigenvalue weighted by Crippen LogP contribution is 2.07. The van der Waals surface area contributed by atoms with Crippen molar-refractivity contribution in [1.82, 2.24) is 0 Å². The lowest BCUT2D eigenvalue weighted by molar-refractivity contribution is 0.746. The molecular formula is C13H15. The van der Waals surface area contributed by atoms with Gasteiger partial charge >= 0.3 is 0 Å². The minimum atomic E-state index is 0.959. The normalized spacial score (nSPS) is 9.54. The summed E-state index contributed by atoms with van der Waals surface area (Å²) in [5.41, 5.74) is 2.33. The molecule has 1 aromatic rings. The van der Waals surface area contributed by atoms with Crippen molar-refractivity contribution in [3.8, 4) is 12.3 Å². The van der Waals surface area contributed by atoms with Gasteiger partial charge in [-0.15, -0.1) is 6.42 Å². The van der Waals surface area contributed by atoms with Gasteiger partial charge in [-0.1, -0.05) is 37.8 Å². The van der Waals surface area contributed by atoms with Crippen LogP contribution in [0.3, 0.4) is 0 Å². The first-order valence-corrected chi connectivity index (χ1v) is 4.71. The largest absolute Gasteiger partial charge is 0.115 e. The van der Waals surface area contributed by atoms with Gasteiger partial charge in [0.1, 0.15) is 0 Å². The zero-order valence-corrected chi connectivity index (χ0v) is 7.92. The van der Waals surface area contributed by atoms with Gasteiger partial charge < -0.3 is 0 Å². The Morgan fingerprint density at radius 1 is 1.15 bits per heavy atom. The van der Waals surface area contributed by atoms with Crippen molar-refractivity contribution in [1.29, 1.82) is 0 Å². The smallest absolute Gasteiger partial charge is 0.0242 e. The molecular weight excluding hydrogens is 156 g/mol. The van der Waals surface area contributed by atoms with Gasteiger partial charge in [-0.25, -0.2) is 0 Å². The molecule has 0 nitrogen and oxygen atoms in total. The van der Waals surface area contributed by atoms with E-state index in [0.29, 0.717) is 0 Å². The third-order valence-corrected chi connectivity index (χ3v) is 2.09. The first-order chi connectivity index (χ1) is 6.36. The topological polar surface area (TPSA) is 0 Å². The van der Waals surface area contributed by atoms with E-state index < -0.39 is 0 Å². The molecule has 0 aliphatic heterocycles. The molecule has 0 bridgehead atoms. The van der Waals surface area contributed by atoms with Gasteiger partial charge in [0.15, 0.2) is 0 Å². The van der Waals surface area contributed by atoms with Crippen molar-refractivity contribution in [2.45, 2.75) is 25.7 Å². The number of terminal acetylenes is 1. The summed E-state index contributed by atoms with van der Waals surface area (Å²) in [6.07, 6.45) is 9.86. The van der Waals surface area contributed by atoms with E-state index in [2.05, 4.69) is 25.0 Å². The third-order valence-electron chi connectivity index (χ3n) is 2.09. The van der Waals surface area contributed by atoms with Crippen LogP contribution in [0, 0.1) is 19.3 Å². The average molecular weight is 171 g/mol. The van der Waals surface area contributed by atoms with Crippen LogP contribution in [-0.2, 0) is 6.42 Å². The zero-order chi connectivity index (χ0) is 9.52. The van der Waals surface area contributed by atoms with E-state index in [0.717, 1.165) is 18.4 Å². The molecule has 0 fully saturated rings. The molecule has 13 heavy (non-hydrogen) atoms. The van der Waals surface area contributed by atoms with Gasteiger partial charge in [0.05, 0.1) is 0 Å². The highest BCUT2D eigenvalue weighted by Gasteiger charge is 1.92. The Morgan fingerprint density at radius 3 is 2.38 bits per heavy atom. The van der Waals surface area contributed by atoms with Gasteiger partial charge in [0.2, 0.25) is 0 Å². The third kappa shape index (κ3) is 3.34. The fourth-order valence-electron chi connectivity index (χ4n) is 1.27. The van der Waals surface area contributed by atoms with Gasteiger partial charge in [-0.3, -0.25) is 0 Å². The van der Waals surface area contributed by atoms with E-state index in [1.165, 1.54) is 18.4 Å². The van der Waals surface area contributed by atoms with Gasteiger partial charge in [0, 0.05) is 5.56 Å². The molecule has 0 heterocycles. The summed E-state index contributed by atoms with van der Waals surface area (Å²) in [6.45, 7) is 3.82. The van der Waals surface area contributed by atoms with Crippen molar-refractivity contribution in [3.63, 3.8) is 0 Å². The fourth-order valence-corrected chi connectivity index (χ4v) is 1.27. The summed E-state index contributed by atoms with van der Waals surface area (Å²) in [5, 5.41) is 0. The SMILES string of the molecule is C#Cc1ccc(CCCC[CH2])cc1. The van der Waals surface area contributed by atoms with Crippen LogP contribution >= 0.6 is 0 Å². The van der Waals surface area contributed by atoms with E-state index in [1.807, 2.05) is 12.1 Å². The summed E-state index contributed by atoms with van der Waals surface area (Å²) in [7, 11) is 0. The van der Waals surface area contributed by atoms with Crippen LogP contribution < -0.4 is 0 Å². The van der Waals surface area contributed by atoms with Crippen molar-refractivity contribution < 1.29 is 0 Å². The predicted molar refractivity (Wildman–Crippen MR) is 57.3 cm³/mol. The Balaban J connectivity index is 2.46. The van der Waals surface area contributed by atoms with Crippen LogP contribution in [0.25, 0.3) is 0 Å². The summed E-state index contributed by atoms with van der Waals surface area (Å²) < 4.78 is 0. The minimum absolute atomic E-state index is 0.959. The molecule has 0 spiro atoms. The number of unbranched alkanes of at least 4 members (excludes halogenated alkanes) is 2. The molecule has 0 unspecified atom stereocenters. The van der Waals surface area contributed by atoms with Crippen LogP contribution in [0.2, 0.25) is 0 Å². The summed E-state index contributed by atoms with van der Waals surface area (Å²) >= 11 is 0. The molecule has 0 saturated carbocycles. The molecule has 0 amide bonds. The molecule has 0 heteroatoms. The molecule has 0 aromatic heterocycles. The number of benzene rings is 1. The van der Waals surface area contributed by atoms with Crippen LogP contribution in [0.15, 0.2) is 24.3 Å². The first kappa shape index (κ1) is 9.86. The monoisotopic (exact) mass is 171 g/mol. The molecule has 0 aliphatic carbocycles. The Labute approximate surface area is 81.0 Å². The molecule has 67 valence electrons. The van der Waals surface area contributed by atoms with Crippen LogP contribution in [0.4, 0.5) is 0 Å². The van der Waals surface area contributed by atoms with E-state index in [4.69, 9.17) is 6.42 Å². The molecule has 1 aromatic carbocycles. The van der Waals surface area contributed by atoms with Gasteiger partial charge in [-0.2, -0.15) is 0 Å². The summed E-state index contributed by atoms with van der Waals surface area (Å²) in [5.74, 6) is 2.61. The van der Waals surface area contributed by atoms with Crippen molar-refractivity contribution in [2.75, 3.05) is 0 Å². The molecule has 1 radical (unpaired) electrons. The van der Waals surface area contributed by atoms with Crippen molar-refractivity contribution in [2.24, 2.45) is 0 Å². The maximum Gasteiger partial charge on any atom is 0.0242 e. The quantitative estimate of drug-likeness (QED) is 0.482. The Kier molecular flexibility index (Phi) is 4.12. The Morgan fingerprint density at radius 2 is 1.85 bits per heavy atom.